The predicted octanol–water partition coefficient (Wildman–Crippen LogP) is 3.41. The monoisotopic (exact) mass is 354 g/mol. The number of halogens is 3. The fourth-order valence-corrected chi connectivity index (χ4v) is 2.17. The van der Waals surface area contributed by atoms with Gasteiger partial charge in [-0.3, -0.25) is 9.59 Å². The summed E-state index contributed by atoms with van der Waals surface area (Å²) in [5, 5.41) is 4.41. The maximum atomic E-state index is 12.2. The number of hydrogen-bond donors (Lipinski definition) is 3. The summed E-state index contributed by atoms with van der Waals surface area (Å²) in [6.45, 7) is -0.300. The summed E-state index contributed by atoms with van der Waals surface area (Å²) < 4.78 is 36.5. The van der Waals surface area contributed by atoms with Crippen LogP contribution in [0.15, 0.2) is 53.4 Å². The van der Waals surface area contributed by atoms with Gasteiger partial charge in [0, 0.05) is 17.1 Å². The number of nitrogens with one attached hydrogen (secondary N) is 2. The molecule has 0 radical (unpaired) electrons. The van der Waals surface area contributed by atoms with E-state index in [9.17, 15) is 22.8 Å². The molecule has 0 aromatic heterocycles. The largest absolute Gasteiger partial charge is 0.471 e. The molecule has 4 nitrogen and oxygen atoms in total. The summed E-state index contributed by atoms with van der Waals surface area (Å²) in [6.07, 6.45) is -4.93. The summed E-state index contributed by atoms with van der Waals surface area (Å²) in [4.78, 5) is 23.5. The van der Waals surface area contributed by atoms with Gasteiger partial charge < -0.3 is 10.6 Å². The number of carbonyl (C=O) groups is 2. The lowest BCUT2D eigenvalue weighted by atomic mass is 10.1. The number of amides is 2. The van der Waals surface area contributed by atoms with Gasteiger partial charge in [0.05, 0.1) is 5.56 Å². The van der Waals surface area contributed by atoms with E-state index in [1.54, 1.807) is 47.8 Å². The first-order valence-corrected chi connectivity index (χ1v) is 7.25. The van der Waals surface area contributed by atoms with Gasteiger partial charge >= 0.3 is 12.1 Å². The number of alkyl halides is 3. The van der Waals surface area contributed by atoms with Gasteiger partial charge in [0.2, 0.25) is 0 Å². The highest BCUT2D eigenvalue weighted by molar-refractivity contribution is 7.80. The normalized spacial score (nSPS) is 11.0. The first-order chi connectivity index (χ1) is 11.3. The molecule has 0 atom stereocenters. The number of rotatable bonds is 4. The third kappa shape index (κ3) is 4.76. The second kappa shape index (κ2) is 7.39. The molecule has 0 heterocycles. The molecule has 2 N–H and O–H groups in total. The van der Waals surface area contributed by atoms with Gasteiger partial charge in [-0.25, -0.2) is 0 Å². The Labute approximate surface area is 141 Å². The third-order valence-electron chi connectivity index (χ3n) is 3.04. The molecule has 0 spiro atoms. The highest BCUT2D eigenvalue weighted by Gasteiger charge is 2.38. The van der Waals surface area contributed by atoms with E-state index in [0.29, 0.717) is 21.7 Å². The fourth-order valence-electron chi connectivity index (χ4n) is 1.91. The van der Waals surface area contributed by atoms with Gasteiger partial charge in [-0.05, 0) is 29.8 Å². The topological polar surface area (TPSA) is 58.2 Å². The van der Waals surface area contributed by atoms with E-state index in [-0.39, 0.29) is 6.54 Å². The lowest BCUT2D eigenvalue weighted by Crippen LogP contribution is -2.36. The summed E-state index contributed by atoms with van der Waals surface area (Å²) in [5.41, 5.74) is 1.19. The Hall–Kier alpha value is -2.48. The minimum Gasteiger partial charge on any atom is -0.344 e. The van der Waals surface area contributed by atoms with Crippen LogP contribution in [0.5, 0.6) is 0 Å². The van der Waals surface area contributed by atoms with Crippen molar-refractivity contribution in [3.05, 3.63) is 59.7 Å². The van der Waals surface area contributed by atoms with Crippen LogP contribution in [-0.2, 0) is 11.3 Å². The zero-order valence-corrected chi connectivity index (χ0v) is 13.1. The van der Waals surface area contributed by atoms with Gasteiger partial charge in [-0.15, -0.1) is 12.6 Å². The molecule has 0 bridgehead atoms. The maximum absolute atomic E-state index is 12.2. The predicted molar refractivity (Wildman–Crippen MR) is 86.0 cm³/mol. The van der Waals surface area contributed by atoms with Crippen LogP contribution < -0.4 is 10.6 Å². The Morgan fingerprint density at radius 3 is 2.42 bits per heavy atom. The van der Waals surface area contributed by atoms with Gasteiger partial charge in [-0.2, -0.15) is 13.2 Å². The molecule has 0 unspecified atom stereocenters. The van der Waals surface area contributed by atoms with Crippen molar-refractivity contribution in [3.63, 3.8) is 0 Å². The Bertz CT molecular complexity index is 763. The van der Waals surface area contributed by atoms with E-state index in [1.165, 1.54) is 6.07 Å². The Kier molecular flexibility index (Phi) is 5.50. The van der Waals surface area contributed by atoms with E-state index >= 15 is 0 Å². The standard InChI is InChI=1S/C16H13F3N2O2S/c17-16(18,19)15(23)20-9-10-4-3-5-11(8-10)21-14(22)12-6-1-2-7-13(12)24/h1-8,24H,9H2,(H,20,23)(H,21,22). The van der Waals surface area contributed by atoms with Crippen LogP contribution in [0.2, 0.25) is 0 Å². The van der Waals surface area contributed by atoms with Crippen molar-refractivity contribution >= 4 is 30.1 Å². The quantitative estimate of drug-likeness (QED) is 0.737. The number of benzene rings is 2. The average molecular weight is 354 g/mol. The molecule has 126 valence electrons. The molecule has 0 saturated carbocycles. The molecular weight excluding hydrogens is 341 g/mol. The van der Waals surface area contributed by atoms with Gasteiger partial charge in [0.1, 0.15) is 0 Å². The van der Waals surface area contributed by atoms with Crippen molar-refractivity contribution in [1.82, 2.24) is 5.32 Å². The summed E-state index contributed by atoms with van der Waals surface area (Å²) in [6, 6.07) is 12.9. The molecule has 8 heteroatoms. The molecular formula is C16H13F3N2O2S. The van der Waals surface area contributed by atoms with Crippen molar-refractivity contribution in [1.29, 1.82) is 0 Å². The van der Waals surface area contributed by atoms with Gasteiger partial charge in [0.15, 0.2) is 0 Å². The smallest absolute Gasteiger partial charge is 0.344 e. The summed E-state index contributed by atoms with van der Waals surface area (Å²) in [7, 11) is 0. The Morgan fingerprint density at radius 1 is 1.04 bits per heavy atom. The van der Waals surface area contributed by atoms with E-state index < -0.39 is 18.0 Å². The van der Waals surface area contributed by atoms with E-state index in [4.69, 9.17) is 0 Å². The Morgan fingerprint density at radius 2 is 1.75 bits per heavy atom. The molecule has 0 aliphatic rings. The van der Waals surface area contributed by atoms with Crippen molar-refractivity contribution in [2.75, 3.05) is 5.32 Å². The van der Waals surface area contributed by atoms with Crippen molar-refractivity contribution in [2.24, 2.45) is 0 Å². The number of anilines is 1. The van der Waals surface area contributed by atoms with Crippen LogP contribution >= 0.6 is 12.6 Å². The second-order valence-corrected chi connectivity index (χ2v) is 5.33. The van der Waals surface area contributed by atoms with Crippen molar-refractivity contribution in [3.8, 4) is 0 Å². The molecule has 0 saturated heterocycles. The first-order valence-electron chi connectivity index (χ1n) is 6.80. The lowest BCUT2D eigenvalue weighted by Gasteiger charge is -2.10. The maximum Gasteiger partial charge on any atom is 0.471 e. The molecule has 2 aromatic rings. The highest BCUT2D eigenvalue weighted by atomic mass is 32.1. The second-order valence-electron chi connectivity index (χ2n) is 4.85. The molecule has 24 heavy (non-hydrogen) atoms. The zero-order valence-electron chi connectivity index (χ0n) is 12.2. The minimum atomic E-state index is -4.93. The molecule has 2 amide bonds. The van der Waals surface area contributed by atoms with Gasteiger partial charge in [0.25, 0.3) is 5.91 Å². The van der Waals surface area contributed by atoms with Crippen molar-refractivity contribution < 1.29 is 22.8 Å². The van der Waals surface area contributed by atoms with Crippen LogP contribution in [0.3, 0.4) is 0 Å². The molecule has 0 aliphatic carbocycles. The molecule has 2 rings (SSSR count). The number of carbonyl (C=O) groups excluding carboxylic acids is 2. The third-order valence-corrected chi connectivity index (χ3v) is 3.43. The zero-order chi connectivity index (χ0) is 17.7. The van der Waals surface area contributed by atoms with Crippen molar-refractivity contribution in [2.45, 2.75) is 17.6 Å². The Balaban J connectivity index is 2.04. The van der Waals surface area contributed by atoms with Gasteiger partial charge in [-0.1, -0.05) is 24.3 Å². The van der Waals surface area contributed by atoms with Crippen LogP contribution in [0.25, 0.3) is 0 Å². The molecule has 2 aromatic carbocycles. The summed E-state index contributed by atoms with van der Waals surface area (Å²) >= 11 is 4.19. The first kappa shape index (κ1) is 17.9. The number of thiol groups is 1. The van der Waals surface area contributed by atoms with Crippen LogP contribution in [0.4, 0.5) is 18.9 Å². The van der Waals surface area contributed by atoms with E-state index in [0.717, 1.165) is 0 Å². The van der Waals surface area contributed by atoms with E-state index in [2.05, 4.69) is 17.9 Å². The van der Waals surface area contributed by atoms with Crippen LogP contribution in [-0.4, -0.2) is 18.0 Å². The molecule has 0 fully saturated rings. The minimum absolute atomic E-state index is 0.300. The summed E-state index contributed by atoms with van der Waals surface area (Å²) in [5.74, 6) is -2.40. The fraction of sp³-hybridized carbons (Fsp3) is 0.125. The average Bonchev–Trinajstić information content (AvgIpc) is 2.52. The van der Waals surface area contributed by atoms with Crippen LogP contribution in [0, 0.1) is 0 Å². The number of hydrogen-bond acceptors (Lipinski definition) is 3. The SMILES string of the molecule is O=C(Nc1cccc(CNC(=O)C(F)(F)F)c1)c1ccccc1S. The van der Waals surface area contributed by atoms with E-state index in [1.807, 2.05) is 0 Å². The molecule has 0 aliphatic heterocycles. The lowest BCUT2D eigenvalue weighted by molar-refractivity contribution is -0.173. The highest BCUT2D eigenvalue weighted by Crippen LogP contribution is 2.18. The van der Waals surface area contributed by atoms with Crippen LogP contribution in [0.1, 0.15) is 15.9 Å².